The first-order valence-electron chi connectivity index (χ1n) is 9.12. The Hall–Kier alpha value is -2.25. The second-order valence-corrected chi connectivity index (χ2v) is 7.11. The number of aliphatic hydroxyl groups is 1. The average molecular weight is 357 g/mol. The lowest BCUT2D eigenvalue weighted by molar-refractivity contribution is -0.133. The van der Waals surface area contributed by atoms with E-state index in [1.54, 1.807) is 24.3 Å². The van der Waals surface area contributed by atoms with E-state index in [1.165, 1.54) is 0 Å². The topological polar surface area (TPSA) is 95.6 Å². The van der Waals surface area contributed by atoms with Gasteiger partial charge in [0.25, 0.3) is 0 Å². The first-order chi connectivity index (χ1) is 12.5. The fourth-order valence-electron chi connectivity index (χ4n) is 3.67. The predicted molar refractivity (Wildman–Crippen MR) is 102 cm³/mol. The first-order valence-corrected chi connectivity index (χ1v) is 9.12. The minimum atomic E-state index is -0.927. The molecule has 1 aliphatic rings. The van der Waals surface area contributed by atoms with Gasteiger partial charge in [0.15, 0.2) is 0 Å². The Morgan fingerprint density at radius 3 is 3.08 bits per heavy atom. The molecule has 3 N–H and O–H groups in total. The normalized spacial score (nSPS) is 20.3. The molecule has 1 aliphatic heterocycles. The molecule has 0 radical (unpaired) electrons. The van der Waals surface area contributed by atoms with Gasteiger partial charge in [-0.1, -0.05) is 0 Å². The quantitative estimate of drug-likeness (QED) is 0.805. The predicted octanol–water partition coefficient (Wildman–Crippen LogP) is 1.16. The van der Waals surface area contributed by atoms with E-state index in [9.17, 15) is 9.90 Å². The van der Waals surface area contributed by atoms with E-state index in [0.717, 1.165) is 29.6 Å². The number of carbonyl (C=O) groups excluding carboxylic acids is 1. The van der Waals surface area contributed by atoms with Gasteiger partial charge in [-0.05, 0) is 37.9 Å². The van der Waals surface area contributed by atoms with Crippen molar-refractivity contribution in [3.05, 3.63) is 30.7 Å². The number of anilines is 1. The number of hydrogen-bond donors (Lipinski definition) is 2. The van der Waals surface area contributed by atoms with E-state index in [1.807, 2.05) is 18.3 Å². The lowest BCUT2D eigenvalue weighted by Gasteiger charge is -2.42. The fourth-order valence-corrected chi connectivity index (χ4v) is 3.67. The van der Waals surface area contributed by atoms with E-state index in [0.29, 0.717) is 38.9 Å². The number of pyridine rings is 2. The summed E-state index contributed by atoms with van der Waals surface area (Å²) in [4.78, 5) is 24.6. The van der Waals surface area contributed by atoms with Gasteiger partial charge in [0.05, 0.1) is 17.7 Å². The number of rotatable bonds is 6. The van der Waals surface area contributed by atoms with Crippen molar-refractivity contribution in [2.75, 3.05) is 38.1 Å². The van der Waals surface area contributed by atoms with E-state index in [4.69, 9.17) is 5.73 Å². The van der Waals surface area contributed by atoms with Gasteiger partial charge >= 0.3 is 0 Å². The molecule has 0 aromatic carbocycles. The highest BCUT2D eigenvalue weighted by molar-refractivity contribution is 5.90. The maximum Gasteiger partial charge on any atom is 0.222 e. The lowest BCUT2D eigenvalue weighted by Crippen LogP contribution is -2.54. The van der Waals surface area contributed by atoms with Crippen LogP contribution in [0.2, 0.25) is 0 Å². The zero-order valence-electron chi connectivity index (χ0n) is 15.3. The lowest BCUT2D eigenvalue weighted by atomic mass is 9.91. The second-order valence-electron chi connectivity index (χ2n) is 7.11. The number of nitrogens with zero attached hydrogens (tertiary/aromatic N) is 4. The molecule has 140 valence electrons. The van der Waals surface area contributed by atoms with E-state index >= 15 is 0 Å². The zero-order chi connectivity index (χ0) is 18.6. The Kier molecular flexibility index (Phi) is 5.68. The second kappa shape index (κ2) is 7.97. The minimum Gasteiger partial charge on any atom is -0.386 e. The fraction of sp³-hybridized carbons (Fsp3) is 0.526. The third kappa shape index (κ3) is 4.11. The molecule has 0 aliphatic carbocycles. The van der Waals surface area contributed by atoms with Gasteiger partial charge in [-0.25, -0.2) is 0 Å². The van der Waals surface area contributed by atoms with Crippen LogP contribution < -0.4 is 10.6 Å². The molecule has 1 amide bonds. The maximum absolute atomic E-state index is 12.2. The maximum atomic E-state index is 12.2. The number of piperidine rings is 1. The molecule has 0 bridgehead atoms. The van der Waals surface area contributed by atoms with Gasteiger partial charge < -0.3 is 20.6 Å². The Morgan fingerprint density at radius 1 is 1.42 bits per heavy atom. The Balaban J connectivity index is 1.75. The highest BCUT2D eigenvalue weighted by atomic mass is 16.3. The molecule has 7 nitrogen and oxygen atoms in total. The number of carbonyl (C=O) groups is 1. The molecule has 0 saturated carbocycles. The summed E-state index contributed by atoms with van der Waals surface area (Å²) in [6, 6.07) is 3.85. The van der Waals surface area contributed by atoms with Crippen LogP contribution in [0.1, 0.15) is 25.7 Å². The summed E-state index contributed by atoms with van der Waals surface area (Å²) in [6.45, 7) is 2.17. The molecule has 1 unspecified atom stereocenters. The van der Waals surface area contributed by atoms with Crippen molar-refractivity contribution in [3.8, 4) is 0 Å². The van der Waals surface area contributed by atoms with E-state index in [-0.39, 0.29) is 5.91 Å². The van der Waals surface area contributed by atoms with Crippen molar-refractivity contribution in [2.45, 2.75) is 31.3 Å². The van der Waals surface area contributed by atoms with Gasteiger partial charge in [-0.2, -0.15) is 0 Å². The van der Waals surface area contributed by atoms with Gasteiger partial charge in [-0.3, -0.25) is 14.8 Å². The molecule has 3 heterocycles. The number of amides is 1. The van der Waals surface area contributed by atoms with E-state index < -0.39 is 5.60 Å². The summed E-state index contributed by atoms with van der Waals surface area (Å²) >= 11 is 0. The third-order valence-corrected chi connectivity index (χ3v) is 4.97. The number of likely N-dealkylation sites (N-methyl/N-ethyl adjacent to an activating group) is 1. The zero-order valence-corrected chi connectivity index (χ0v) is 15.3. The molecular weight excluding hydrogens is 330 g/mol. The van der Waals surface area contributed by atoms with Crippen molar-refractivity contribution in [1.82, 2.24) is 14.9 Å². The van der Waals surface area contributed by atoms with Crippen molar-refractivity contribution in [3.63, 3.8) is 0 Å². The van der Waals surface area contributed by atoms with Gasteiger partial charge in [0.2, 0.25) is 5.91 Å². The standard InChI is InChI=1S/C19H27N5O2/c1-23(18(25)4-2-8-20)13-19(26)7-3-11-24(14-19)17-6-10-22-16-5-9-21-12-15(16)17/h5-6,9-10,12,26H,2-4,7-8,11,13-14,20H2,1H3. The van der Waals surface area contributed by atoms with Crippen LogP contribution in [0.4, 0.5) is 5.69 Å². The molecule has 1 saturated heterocycles. The molecule has 3 rings (SSSR count). The monoisotopic (exact) mass is 357 g/mol. The van der Waals surface area contributed by atoms with Crippen LogP contribution in [-0.4, -0.2) is 64.7 Å². The number of fused-ring (bicyclic) bond motifs is 1. The summed E-state index contributed by atoms with van der Waals surface area (Å²) < 4.78 is 0. The molecule has 7 heteroatoms. The third-order valence-electron chi connectivity index (χ3n) is 4.97. The summed E-state index contributed by atoms with van der Waals surface area (Å²) in [5.41, 5.74) is 6.47. The van der Waals surface area contributed by atoms with Crippen LogP contribution in [0, 0.1) is 0 Å². The number of hydrogen-bond acceptors (Lipinski definition) is 6. The van der Waals surface area contributed by atoms with Gasteiger partial charge in [0.1, 0.15) is 0 Å². The summed E-state index contributed by atoms with van der Waals surface area (Å²) in [5.74, 6) is 0.0274. The molecule has 2 aromatic heterocycles. The molecular formula is C19H27N5O2. The highest BCUT2D eigenvalue weighted by Gasteiger charge is 2.35. The Labute approximate surface area is 153 Å². The van der Waals surface area contributed by atoms with Crippen LogP contribution in [-0.2, 0) is 4.79 Å². The minimum absolute atomic E-state index is 0.0274. The Morgan fingerprint density at radius 2 is 2.27 bits per heavy atom. The van der Waals surface area contributed by atoms with Crippen LogP contribution in [0.25, 0.3) is 10.9 Å². The van der Waals surface area contributed by atoms with Crippen LogP contribution in [0.3, 0.4) is 0 Å². The van der Waals surface area contributed by atoms with Crippen molar-refractivity contribution in [1.29, 1.82) is 0 Å². The van der Waals surface area contributed by atoms with Gasteiger partial charge in [0, 0.05) is 56.2 Å². The van der Waals surface area contributed by atoms with Crippen molar-refractivity contribution >= 4 is 22.5 Å². The molecule has 1 atom stereocenters. The van der Waals surface area contributed by atoms with Gasteiger partial charge in [-0.15, -0.1) is 0 Å². The number of aromatic nitrogens is 2. The summed E-state index contributed by atoms with van der Waals surface area (Å²) in [5, 5.41) is 12.1. The van der Waals surface area contributed by atoms with Crippen LogP contribution in [0.15, 0.2) is 30.7 Å². The molecule has 1 fully saturated rings. The molecule has 26 heavy (non-hydrogen) atoms. The molecule has 0 spiro atoms. The average Bonchev–Trinajstić information content (AvgIpc) is 2.65. The smallest absolute Gasteiger partial charge is 0.222 e. The summed E-state index contributed by atoms with van der Waals surface area (Å²) in [7, 11) is 1.75. The Bertz CT molecular complexity index is 763. The van der Waals surface area contributed by atoms with Crippen molar-refractivity contribution < 1.29 is 9.90 Å². The largest absolute Gasteiger partial charge is 0.386 e. The SMILES string of the molecule is CN(CC1(O)CCCN(c2ccnc3ccncc23)C1)C(=O)CCCN. The van der Waals surface area contributed by atoms with E-state index in [2.05, 4.69) is 14.9 Å². The number of nitrogens with two attached hydrogens (primary N) is 1. The van der Waals surface area contributed by atoms with Crippen molar-refractivity contribution in [2.24, 2.45) is 5.73 Å². The first kappa shape index (κ1) is 18.5. The van der Waals surface area contributed by atoms with Crippen LogP contribution >= 0.6 is 0 Å². The number of β-amino-alcohol motifs (C(OH)–C–C–N with tert-alkyl or cyclic N) is 1. The molecule has 2 aromatic rings. The van der Waals surface area contributed by atoms with Crippen LogP contribution in [0.5, 0.6) is 0 Å². The summed E-state index contributed by atoms with van der Waals surface area (Å²) in [6.07, 6.45) is 7.97. The highest BCUT2D eigenvalue weighted by Crippen LogP contribution is 2.30.